The van der Waals surface area contributed by atoms with Gasteiger partial charge in [0, 0.05) is 25.5 Å². The average molecular weight is 357 g/mol. The Morgan fingerprint density at radius 1 is 1.20 bits per heavy atom. The molecule has 25 heavy (non-hydrogen) atoms. The summed E-state index contributed by atoms with van der Waals surface area (Å²) in [4.78, 5) is 21.0. The Balaban J connectivity index is 1.67. The molecule has 1 atom stereocenters. The highest BCUT2D eigenvalue weighted by atomic mass is 19.4. The Morgan fingerprint density at radius 2 is 1.88 bits per heavy atom. The van der Waals surface area contributed by atoms with Crippen molar-refractivity contribution in [1.29, 1.82) is 0 Å². The molecule has 138 valence electrons. The van der Waals surface area contributed by atoms with Crippen molar-refractivity contribution in [1.82, 2.24) is 14.8 Å². The normalized spacial score (nSPS) is 21.5. The number of pyridine rings is 1. The lowest BCUT2D eigenvalue weighted by Crippen LogP contribution is -2.47. The predicted molar refractivity (Wildman–Crippen MR) is 84.5 cm³/mol. The molecule has 2 aliphatic heterocycles. The van der Waals surface area contributed by atoms with Gasteiger partial charge in [0.05, 0.1) is 6.10 Å². The number of aromatic nitrogens is 1. The number of piperidine rings is 1. The summed E-state index contributed by atoms with van der Waals surface area (Å²) in [5.41, 5.74) is 0.836. The van der Waals surface area contributed by atoms with E-state index in [4.69, 9.17) is 0 Å². The van der Waals surface area contributed by atoms with Gasteiger partial charge in [-0.25, -0.2) is 0 Å². The third-order valence-electron chi connectivity index (χ3n) is 4.79. The van der Waals surface area contributed by atoms with Gasteiger partial charge in [-0.3, -0.25) is 19.4 Å². The molecule has 3 heterocycles. The van der Waals surface area contributed by atoms with Gasteiger partial charge in [0.25, 0.3) is 0 Å². The van der Waals surface area contributed by atoms with Crippen LogP contribution in [0.1, 0.15) is 37.3 Å². The molecule has 1 aromatic heterocycles. The van der Waals surface area contributed by atoms with Crippen LogP contribution >= 0.6 is 0 Å². The van der Waals surface area contributed by atoms with Crippen molar-refractivity contribution in [3.05, 3.63) is 30.1 Å². The second-order valence-electron chi connectivity index (χ2n) is 6.52. The fourth-order valence-corrected chi connectivity index (χ4v) is 3.60. The maximum Gasteiger partial charge on any atom is 0.522 e. The van der Waals surface area contributed by atoms with E-state index in [1.807, 2.05) is 6.07 Å². The zero-order valence-corrected chi connectivity index (χ0v) is 13.9. The first-order chi connectivity index (χ1) is 11.9. The molecule has 0 saturated carbocycles. The molecule has 5 nitrogen and oxygen atoms in total. The van der Waals surface area contributed by atoms with E-state index in [1.165, 1.54) is 0 Å². The maximum absolute atomic E-state index is 13.1. The molecular weight excluding hydrogens is 335 g/mol. The summed E-state index contributed by atoms with van der Waals surface area (Å²) >= 11 is 0. The number of hydrogen-bond acceptors (Lipinski definition) is 4. The van der Waals surface area contributed by atoms with Crippen LogP contribution in [0.15, 0.2) is 24.5 Å². The third-order valence-corrected chi connectivity index (χ3v) is 4.79. The Bertz CT molecular complexity index is 568. The largest absolute Gasteiger partial charge is 0.522 e. The molecule has 0 aromatic carbocycles. The molecule has 1 aromatic rings. The van der Waals surface area contributed by atoms with Crippen LogP contribution in [0.2, 0.25) is 0 Å². The Morgan fingerprint density at radius 3 is 2.44 bits per heavy atom. The van der Waals surface area contributed by atoms with Crippen molar-refractivity contribution in [2.75, 3.05) is 26.2 Å². The van der Waals surface area contributed by atoms with Crippen LogP contribution in [0.25, 0.3) is 0 Å². The van der Waals surface area contributed by atoms with Crippen LogP contribution in [0.5, 0.6) is 0 Å². The molecule has 0 radical (unpaired) electrons. The van der Waals surface area contributed by atoms with Crippen LogP contribution in [-0.2, 0) is 9.53 Å². The van der Waals surface area contributed by atoms with Crippen molar-refractivity contribution >= 4 is 5.91 Å². The summed E-state index contributed by atoms with van der Waals surface area (Å²) in [6, 6.07) is 3.28. The molecule has 2 saturated heterocycles. The third kappa shape index (κ3) is 4.70. The van der Waals surface area contributed by atoms with Crippen LogP contribution in [0.4, 0.5) is 13.2 Å². The minimum atomic E-state index is -4.62. The quantitative estimate of drug-likeness (QED) is 0.831. The molecule has 2 fully saturated rings. The van der Waals surface area contributed by atoms with Crippen molar-refractivity contribution in [3.63, 3.8) is 0 Å². The highest BCUT2D eigenvalue weighted by Crippen LogP contribution is 2.29. The summed E-state index contributed by atoms with van der Waals surface area (Å²) in [7, 11) is 0. The Kier molecular flexibility index (Phi) is 5.58. The zero-order chi connectivity index (χ0) is 17.9. The summed E-state index contributed by atoms with van der Waals surface area (Å²) in [6.07, 6.45) is 0.361. The van der Waals surface area contributed by atoms with E-state index in [-0.39, 0.29) is 31.8 Å². The monoisotopic (exact) mass is 357 g/mol. The fourth-order valence-electron chi connectivity index (χ4n) is 3.60. The Labute approximate surface area is 144 Å². The molecular formula is C17H22F3N3O2. The van der Waals surface area contributed by atoms with Gasteiger partial charge in [-0.1, -0.05) is 6.07 Å². The standard InChI is InChI=1S/C17H22F3N3O2/c18-17(19,20)25-14-5-10-23(11-6-14)16(24)15(22-8-1-2-9-22)13-4-3-7-21-12-13/h3-4,7,12,14-15H,1-2,5-6,8-11H2. The summed E-state index contributed by atoms with van der Waals surface area (Å²) in [6.45, 7) is 2.26. The SMILES string of the molecule is O=C(C(c1cccnc1)N1CCCC1)N1CCC(OC(F)(F)F)CC1. The van der Waals surface area contributed by atoms with Crippen molar-refractivity contribution < 1.29 is 22.7 Å². The number of carbonyl (C=O) groups excluding carboxylic acids is 1. The van der Waals surface area contributed by atoms with E-state index in [0.29, 0.717) is 0 Å². The first-order valence-electron chi connectivity index (χ1n) is 8.61. The number of ether oxygens (including phenoxy) is 1. The first-order valence-corrected chi connectivity index (χ1v) is 8.61. The van der Waals surface area contributed by atoms with Crippen molar-refractivity contribution in [2.24, 2.45) is 0 Å². The second-order valence-corrected chi connectivity index (χ2v) is 6.52. The van der Waals surface area contributed by atoms with Crippen LogP contribution < -0.4 is 0 Å². The number of rotatable bonds is 4. The highest BCUT2D eigenvalue weighted by molar-refractivity contribution is 5.83. The smallest absolute Gasteiger partial charge is 0.341 e. The van der Waals surface area contributed by atoms with Gasteiger partial charge >= 0.3 is 6.36 Å². The molecule has 0 aliphatic carbocycles. The number of alkyl halides is 3. The molecule has 0 N–H and O–H groups in total. The molecule has 3 rings (SSSR count). The van der Waals surface area contributed by atoms with Gasteiger partial charge in [0.2, 0.25) is 5.91 Å². The van der Waals surface area contributed by atoms with E-state index in [0.717, 1.165) is 31.5 Å². The van der Waals surface area contributed by atoms with Crippen molar-refractivity contribution in [3.8, 4) is 0 Å². The number of carbonyl (C=O) groups is 1. The maximum atomic E-state index is 13.1. The van der Waals surface area contributed by atoms with E-state index in [9.17, 15) is 18.0 Å². The lowest BCUT2D eigenvalue weighted by Gasteiger charge is -2.36. The lowest BCUT2D eigenvalue weighted by molar-refractivity contribution is -0.345. The van der Waals surface area contributed by atoms with Gasteiger partial charge < -0.3 is 4.90 Å². The van der Waals surface area contributed by atoms with Gasteiger partial charge in [0.1, 0.15) is 6.04 Å². The number of nitrogens with zero attached hydrogens (tertiary/aromatic N) is 3. The van der Waals surface area contributed by atoms with Crippen LogP contribution in [-0.4, -0.2) is 59.3 Å². The van der Waals surface area contributed by atoms with E-state index in [1.54, 1.807) is 23.4 Å². The van der Waals surface area contributed by atoms with Gasteiger partial charge in [-0.2, -0.15) is 0 Å². The van der Waals surface area contributed by atoms with E-state index < -0.39 is 18.5 Å². The molecule has 0 bridgehead atoms. The predicted octanol–water partition coefficient (Wildman–Crippen LogP) is 2.75. The number of likely N-dealkylation sites (tertiary alicyclic amines) is 2. The first kappa shape index (κ1) is 18.1. The molecule has 1 unspecified atom stereocenters. The minimum Gasteiger partial charge on any atom is -0.341 e. The van der Waals surface area contributed by atoms with Gasteiger partial charge in [0.15, 0.2) is 0 Å². The number of halogens is 3. The van der Waals surface area contributed by atoms with Gasteiger partial charge in [-0.15, -0.1) is 13.2 Å². The van der Waals surface area contributed by atoms with Gasteiger partial charge in [-0.05, 0) is 50.4 Å². The fraction of sp³-hybridized carbons (Fsp3) is 0.647. The molecule has 8 heteroatoms. The second kappa shape index (κ2) is 7.70. The van der Waals surface area contributed by atoms with Crippen LogP contribution in [0, 0.1) is 0 Å². The minimum absolute atomic E-state index is 0.0552. The topological polar surface area (TPSA) is 45.7 Å². The number of hydrogen-bond donors (Lipinski definition) is 0. The number of amides is 1. The lowest BCUT2D eigenvalue weighted by atomic mass is 10.0. The zero-order valence-electron chi connectivity index (χ0n) is 13.9. The summed E-state index contributed by atoms with van der Waals surface area (Å²) in [5, 5.41) is 0. The molecule has 0 spiro atoms. The summed E-state index contributed by atoms with van der Waals surface area (Å²) < 4.78 is 41.1. The average Bonchev–Trinajstić information content (AvgIpc) is 3.09. The van der Waals surface area contributed by atoms with E-state index >= 15 is 0 Å². The van der Waals surface area contributed by atoms with Crippen molar-refractivity contribution in [2.45, 2.75) is 44.2 Å². The molecule has 1 amide bonds. The molecule has 2 aliphatic rings. The Hall–Kier alpha value is -1.67. The summed E-state index contributed by atoms with van der Waals surface area (Å²) in [5.74, 6) is -0.0552. The van der Waals surface area contributed by atoms with Crippen LogP contribution in [0.3, 0.4) is 0 Å². The van der Waals surface area contributed by atoms with E-state index in [2.05, 4.69) is 14.6 Å². The highest BCUT2D eigenvalue weighted by Gasteiger charge is 2.38.